The molecule has 0 aliphatic rings. The summed E-state index contributed by atoms with van der Waals surface area (Å²) >= 11 is 3.09. The third kappa shape index (κ3) is 2.85. The summed E-state index contributed by atoms with van der Waals surface area (Å²) in [6.07, 6.45) is 0. The van der Waals surface area contributed by atoms with E-state index in [4.69, 9.17) is 10.5 Å². The molecule has 0 saturated carbocycles. The van der Waals surface area contributed by atoms with Gasteiger partial charge in [0.15, 0.2) is 0 Å². The average Bonchev–Trinajstić information content (AvgIpc) is 2.14. The fourth-order valence-electron chi connectivity index (χ4n) is 1.00. The van der Waals surface area contributed by atoms with Gasteiger partial charge in [-0.3, -0.25) is 0 Å². The standard InChI is InChI=1S/C9H12BrFN2O/c1-14-3-2-13-9-4-6(10)7(11)5-8(9)12/h4-5,13H,2-3,12H2,1H3. The molecule has 0 spiro atoms. The molecular weight excluding hydrogens is 251 g/mol. The van der Waals surface area contributed by atoms with Crippen molar-refractivity contribution in [3.05, 3.63) is 22.4 Å². The van der Waals surface area contributed by atoms with Crippen LogP contribution in [0.4, 0.5) is 15.8 Å². The predicted molar refractivity (Wildman–Crippen MR) is 58.9 cm³/mol. The summed E-state index contributed by atoms with van der Waals surface area (Å²) in [4.78, 5) is 0. The molecule has 5 heteroatoms. The highest BCUT2D eigenvalue weighted by Crippen LogP contribution is 2.26. The summed E-state index contributed by atoms with van der Waals surface area (Å²) in [5.74, 6) is -0.361. The first-order chi connectivity index (χ1) is 6.65. The third-order valence-electron chi connectivity index (χ3n) is 1.71. The number of nitrogen functional groups attached to an aromatic ring is 1. The van der Waals surface area contributed by atoms with Gasteiger partial charge in [0.1, 0.15) is 5.82 Å². The van der Waals surface area contributed by atoms with Gasteiger partial charge >= 0.3 is 0 Å². The van der Waals surface area contributed by atoms with Gasteiger partial charge in [-0.05, 0) is 22.0 Å². The SMILES string of the molecule is COCCNc1cc(Br)c(F)cc1N. The Bertz CT molecular complexity index is 320. The molecule has 1 rings (SSSR count). The first-order valence-corrected chi connectivity index (χ1v) is 4.91. The maximum atomic E-state index is 13.0. The van der Waals surface area contributed by atoms with Crippen LogP contribution in [0.1, 0.15) is 0 Å². The zero-order valence-electron chi connectivity index (χ0n) is 7.81. The molecule has 0 aliphatic heterocycles. The quantitative estimate of drug-likeness (QED) is 0.646. The van der Waals surface area contributed by atoms with E-state index in [1.165, 1.54) is 6.07 Å². The van der Waals surface area contributed by atoms with E-state index in [2.05, 4.69) is 21.2 Å². The van der Waals surface area contributed by atoms with E-state index in [1.807, 2.05) is 0 Å². The van der Waals surface area contributed by atoms with Gasteiger partial charge in [-0.15, -0.1) is 0 Å². The average molecular weight is 263 g/mol. The summed E-state index contributed by atoms with van der Waals surface area (Å²) in [5, 5.41) is 3.04. The zero-order chi connectivity index (χ0) is 10.6. The summed E-state index contributed by atoms with van der Waals surface area (Å²) < 4.78 is 18.2. The summed E-state index contributed by atoms with van der Waals surface area (Å²) in [7, 11) is 1.62. The van der Waals surface area contributed by atoms with Crippen LogP contribution >= 0.6 is 15.9 Å². The van der Waals surface area contributed by atoms with E-state index in [9.17, 15) is 4.39 Å². The van der Waals surface area contributed by atoms with Crippen molar-refractivity contribution in [1.29, 1.82) is 0 Å². The van der Waals surface area contributed by atoms with Crippen LogP contribution in [-0.4, -0.2) is 20.3 Å². The first kappa shape index (κ1) is 11.3. The molecule has 0 aromatic heterocycles. The van der Waals surface area contributed by atoms with Gasteiger partial charge in [-0.25, -0.2) is 4.39 Å². The lowest BCUT2D eigenvalue weighted by atomic mass is 10.2. The van der Waals surface area contributed by atoms with Gasteiger partial charge in [-0.2, -0.15) is 0 Å². The maximum absolute atomic E-state index is 13.0. The van der Waals surface area contributed by atoms with Crippen molar-refractivity contribution in [3.8, 4) is 0 Å². The predicted octanol–water partition coefficient (Wildman–Crippen LogP) is 2.23. The van der Waals surface area contributed by atoms with Gasteiger partial charge in [0, 0.05) is 19.7 Å². The lowest BCUT2D eigenvalue weighted by Crippen LogP contribution is -2.09. The van der Waals surface area contributed by atoms with Crippen molar-refractivity contribution in [1.82, 2.24) is 0 Å². The molecule has 3 nitrogen and oxygen atoms in total. The Labute approximate surface area is 90.6 Å². The summed E-state index contributed by atoms with van der Waals surface area (Å²) in [6.45, 7) is 1.22. The first-order valence-electron chi connectivity index (χ1n) is 4.12. The van der Waals surface area contributed by atoms with Crippen molar-refractivity contribution < 1.29 is 9.13 Å². The molecule has 1 aromatic carbocycles. The van der Waals surface area contributed by atoms with E-state index >= 15 is 0 Å². The number of benzene rings is 1. The van der Waals surface area contributed by atoms with Crippen LogP contribution in [0.25, 0.3) is 0 Å². The second-order valence-electron chi connectivity index (χ2n) is 2.77. The number of hydrogen-bond acceptors (Lipinski definition) is 3. The third-order valence-corrected chi connectivity index (χ3v) is 2.32. The van der Waals surface area contributed by atoms with Crippen LogP contribution in [0.15, 0.2) is 16.6 Å². The molecule has 3 N–H and O–H groups in total. The van der Waals surface area contributed by atoms with Crippen LogP contribution in [0.3, 0.4) is 0 Å². The molecule has 78 valence electrons. The van der Waals surface area contributed by atoms with Crippen LogP contribution in [0.2, 0.25) is 0 Å². The second kappa shape index (κ2) is 5.17. The highest BCUT2D eigenvalue weighted by Gasteiger charge is 2.04. The van der Waals surface area contributed by atoms with Crippen LogP contribution < -0.4 is 11.1 Å². The Morgan fingerprint density at radius 1 is 1.57 bits per heavy atom. The van der Waals surface area contributed by atoms with Crippen molar-refractivity contribution in [3.63, 3.8) is 0 Å². The molecular formula is C9H12BrFN2O. The molecule has 0 fully saturated rings. The second-order valence-corrected chi connectivity index (χ2v) is 3.63. The topological polar surface area (TPSA) is 47.3 Å². The molecule has 14 heavy (non-hydrogen) atoms. The number of ether oxygens (including phenoxy) is 1. The number of nitrogens with one attached hydrogen (secondary N) is 1. The Kier molecular flexibility index (Phi) is 4.16. The largest absolute Gasteiger partial charge is 0.397 e. The minimum Gasteiger partial charge on any atom is -0.397 e. The van der Waals surface area contributed by atoms with Crippen molar-refractivity contribution in [2.24, 2.45) is 0 Å². The summed E-state index contributed by atoms with van der Waals surface area (Å²) in [6, 6.07) is 2.89. The van der Waals surface area contributed by atoms with E-state index in [0.717, 1.165) is 0 Å². The number of methoxy groups -OCH3 is 1. The zero-order valence-corrected chi connectivity index (χ0v) is 9.40. The van der Waals surface area contributed by atoms with Gasteiger partial charge < -0.3 is 15.8 Å². The minimum absolute atomic E-state index is 0.361. The van der Waals surface area contributed by atoms with E-state index in [0.29, 0.717) is 29.0 Å². The van der Waals surface area contributed by atoms with Crippen molar-refractivity contribution >= 4 is 27.3 Å². The lowest BCUT2D eigenvalue weighted by Gasteiger charge is -2.09. The molecule has 0 heterocycles. The Morgan fingerprint density at radius 3 is 2.93 bits per heavy atom. The minimum atomic E-state index is -0.361. The molecule has 0 atom stereocenters. The van der Waals surface area contributed by atoms with Gasteiger partial charge in [0.25, 0.3) is 0 Å². The van der Waals surface area contributed by atoms with Gasteiger partial charge in [0.2, 0.25) is 0 Å². The molecule has 0 radical (unpaired) electrons. The Hall–Kier alpha value is -0.810. The monoisotopic (exact) mass is 262 g/mol. The lowest BCUT2D eigenvalue weighted by molar-refractivity contribution is 0.211. The van der Waals surface area contributed by atoms with Gasteiger partial charge in [0.05, 0.1) is 22.5 Å². The number of nitrogens with two attached hydrogens (primary N) is 1. The molecule has 0 saturated heterocycles. The highest BCUT2D eigenvalue weighted by atomic mass is 79.9. The van der Waals surface area contributed by atoms with Crippen molar-refractivity contribution in [2.45, 2.75) is 0 Å². The van der Waals surface area contributed by atoms with E-state index in [1.54, 1.807) is 13.2 Å². The molecule has 0 bridgehead atoms. The van der Waals surface area contributed by atoms with Crippen LogP contribution in [-0.2, 0) is 4.74 Å². The molecule has 0 unspecified atom stereocenters. The van der Waals surface area contributed by atoms with Crippen LogP contribution in [0, 0.1) is 5.82 Å². The Balaban J connectivity index is 2.72. The molecule has 0 aliphatic carbocycles. The molecule has 1 aromatic rings. The number of rotatable bonds is 4. The highest BCUT2D eigenvalue weighted by molar-refractivity contribution is 9.10. The van der Waals surface area contributed by atoms with E-state index in [-0.39, 0.29) is 5.82 Å². The van der Waals surface area contributed by atoms with E-state index < -0.39 is 0 Å². The summed E-state index contributed by atoms with van der Waals surface area (Å²) in [5.41, 5.74) is 6.70. The normalized spacial score (nSPS) is 10.2. The van der Waals surface area contributed by atoms with Crippen LogP contribution in [0.5, 0.6) is 0 Å². The fraction of sp³-hybridized carbons (Fsp3) is 0.333. The fourth-order valence-corrected chi connectivity index (χ4v) is 1.35. The van der Waals surface area contributed by atoms with Crippen molar-refractivity contribution in [2.75, 3.05) is 31.3 Å². The number of halogens is 2. The Morgan fingerprint density at radius 2 is 2.29 bits per heavy atom. The smallest absolute Gasteiger partial charge is 0.139 e. The van der Waals surface area contributed by atoms with Gasteiger partial charge in [-0.1, -0.05) is 0 Å². The number of anilines is 2. The number of hydrogen-bond donors (Lipinski definition) is 2. The molecule has 0 amide bonds. The maximum Gasteiger partial charge on any atom is 0.139 e.